The van der Waals surface area contributed by atoms with Crippen LogP contribution in [0.5, 0.6) is 23.5 Å². The van der Waals surface area contributed by atoms with Crippen molar-refractivity contribution >= 4 is 16.1 Å². The molecule has 324 valence electrons. The van der Waals surface area contributed by atoms with Crippen molar-refractivity contribution in [1.82, 2.24) is 19.9 Å². The topological polar surface area (TPSA) is 79.2 Å². The van der Waals surface area contributed by atoms with Gasteiger partial charge < -0.3 is 14.2 Å². The van der Waals surface area contributed by atoms with Crippen molar-refractivity contribution in [3.8, 4) is 45.8 Å². The lowest BCUT2D eigenvalue weighted by Crippen LogP contribution is -2.18. The lowest BCUT2D eigenvalue weighted by atomic mass is 10.00. The van der Waals surface area contributed by atoms with Gasteiger partial charge in [-0.15, -0.1) is 0 Å². The van der Waals surface area contributed by atoms with Crippen LogP contribution in [0.15, 0.2) is 61.2 Å². The third-order valence-corrected chi connectivity index (χ3v) is 14.7. The number of rotatable bonds is 30. The van der Waals surface area contributed by atoms with Gasteiger partial charge in [-0.25, -0.2) is 19.9 Å². The van der Waals surface area contributed by atoms with E-state index in [9.17, 15) is 0 Å². The zero-order chi connectivity index (χ0) is 42.4. The van der Waals surface area contributed by atoms with E-state index in [1.165, 1.54) is 100 Å². The summed E-state index contributed by atoms with van der Waals surface area (Å²) >= 11 is 0. The molecule has 0 bridgehead atoms. The molecule has 0 N–H and O–H groups in total. The second-order valence-corrected chi connectivity index (χ2v) is 30.3. The maximum Gasteiger partial charge on any atom is 0.316 e. The van der Waals surface area contributed by atoms with E-state index in [2.05, 4.69) is 109 Å². The van der Waals surface area contributed by atoms with Gasteiger partial charge in [-0.2, -0.15) is 0 Å². The summed E-state index contributed by atoms with van der Waals surface area (Å²) in [5.74, 6) is 1.85. The number of aryl methyl sites for hydroxylation is 2. The van der Waals surface area contributed by atoms with Gasteiger partial charge >= 0.3 is 12.0 Å². The first kappa shape index (κ1) is 48.1. The zero-order valence-electron chi connectivity index (χ0n) is 38.3. The number of unbranched alkanes of at least 4 members (excludes halogenated alkanes) is 12. The molecule has 0 aliphatic rings. The van der Waals surface area contributed by atoms with Gasteiger partial charge in [0.1, 0.15) is 11.5 Å². The van der Waals surface area contributed by atoms with Gasteiger partial charge in [-0.3, -0.25) is 0 Å². The van der Waals surface area contributed by atoms with Crippen LogP contribution in [0.2, 0.25) is 51.4 Å². The Hall–Kier alpha value is -3.57. The summed E-state index contributed by atoms with van der Waals surface area (Å²) in [4.78, 5) is 18.3. The van der Waals surface area contributed by atoms with Crippen LogP contribution in [-0.2, 0) is 12.8 Å². The number of benzene rings is 2. The van der Waals surface area contributed by atoms with E-state index in [0.717, 1.165) is 72.3 Å². The predicted octanol–water partition coefficient (Wildman–Crippen LogP) is 15.2. The number of nitrogens with zero attached hydrogens (tertiary/aromatic N) is 4. The zero-order valence-corrected chi connectivity index (χ0v) is 40.3. The quantitative estimate of drug-likeness (QED) is 0.0382. The minimum absolute atomic E-state index is 0.453. The smallest absolute Gasteiger partial charge is 0.316 e. The Morgan fingerprint density at radius 1 is 0.424 bits per heavy atom. The SMILES string of the molecule is CCCCCCCCOc1ncc(-c2ccc(Oc3ccc(-c4cnc(OCCCCCCCC)nc4)cc3CCCC[Si](C)(C)C)c(CCCC[Si](C)(C)C)c2)cn1. The maximum atomic E-state index is 6.94. The van der Waals surface area contributed by atoms with E-state index in [0.29, 0.717) is 25.2 Å². The van der Waals surface area contributed by atoms with Crippen LogP contribution in [-0.4, -0.2) is 49.3 Å². The molecule has 0 atom stereocenters. The monoisotopic (exact) mass is 839 g/mol. The van der Waals surface area contributed by atoms with Crippen LogP contribution in [0.3, 0.4) is 0 Å². The van der Waals surface area contributed by atoms with Crippen LogP contribution in [0.1, 0.15) is 128 Å². The lowest BCUT2D eigenvalue weighted by molar-refractivity contribution is 0.281. The summed E-state index contributed by atoms with van der Waals surface area (Å²) < 4.78 is 18.7. The largest absolute Gasteiger partial charge is 0.463 e. The minimum atomic E-state index is -1.12. The van der Waals surface area contributed by atoms with Gasteiger partial charge in [-0.05, 0) is 85.0 Å². The summed E-state index contributed by atoms with van der Waals surface area (Å²) in [6, 6.07) is 16.7. The highest BCUT2D eigenvalue weighted by molar-refractivity contribution is 6.76. The second-order valence-electron chi connectivity index (χ2n) is 19.0. The molecular weight excluding hydrogens is 761 g/mol. The molecule has 9 heteroatoms. The minimum Gasteiger partial charge on any atom is -0.463 e. The lowest BCUT2D eigenvalue weighted by Gasteiger charge is -2.19. The standard InChI is InChI=1S/C50H78N4O3Si2/c1-9-11-13-15-17-21-31-55-49-51-37-45(38-52-49)41-27-29-47(43(35-41)25-19-23-33-58(3,4)5)57-48-30-28-42(36-44(48)26-20-24-34-59(6,7)8)46-39-53-50(54-40-46)56-32-22-18-16-14-12-10-2/h27-30,35-40H,9-26,31-34H2,1-8H3. The molecule has 0 unspecified atom stereocenters. The van der Waals surface area contributed by atoms with Crippen LogP contribution >= 0.6 is 0 Å². The third-order valence-electron chi connectivity index (χ3n) is 11.0. The Morgan fingerprint density at radius 3 is 1.17 bits per heavy atom. The molecule has 0 saturated carbocycles. The van der Waals surface area contributed by atoms with Gasteiger partial charge in [0.25, 0.3) is 0 Å². The van der Waals surface area contributed by atoms with Crippen molar-refractivity contribution < 1.29 is 14.2 Å². The molecule has 2 aromatic carbocycles. The third kappa shape index (κ3) is 19.1. The molecule has 0 aliphatic heterocycles. The van der Waals surface area contributed by atoms with Gasteiger partial charge in [0.15, 0.2) is 0 Å². The molecular formula is C50H78N4O3Si2. The Morgan fingerprint density at radius 2 is 0.797 bits per heavy atom. The number of aromatic nitrogens is 4. The van der Waals surface area contributed by atoms with Crippen molar-refractivity contribution in [2.24, 2.45) is 0 Å². The molecule has 0 saturated heterocycles. The Balaban J connectivity index is 1.51. The molecule has 4 aromatic rings. The number of hydrogen-bond donors (Lipinski definition) is 0. The van der Waals surface area contributed by atoms with Crippen molar-refractivity contribution in [3.63, 3.8) is 0 Å². The molecule has 0 spiro atoms. The molecule has 7 nitrogen and oxygen atoms in total. The molecule has 2 aromatic heterocycles. The molecule has 0 radical (unpaired) electrons. The van der Waals surface area contributed by atoms with Crippen molar-refractivity contribution in [2.75, 3.05) is 13.2 Å². The van der Waals surface area contributed by atoms with E-state index >= 15 is 0 Å². The first-order valence-electron chi connectivity index (χ1n) is 23.3. The average Bonchev–Trinajstić information content (AvgIpc) is 3.21. The summed E-state index contributed by atoms with van der Waals surface area (Å²) in [5, 5.41) is 0. The molecule has 59 heavy (non-hydrogen) atoms. The fraction of sp³-hybridized carbons (Fsp3) is 0.600. The summed E-state index contributed by atoms with van der Waals surface area (Å²) in [6.45, 7) is 20.6. The molecule has 0 aliphatic carbocycles. The number of ether oxygens (including phenoxy) is 3. The van der Waals surface area contributed by atoms with E-state index in [1.54, 1.807) is 0 Å². The Kier molecular flexibility index (Phi) is 21.1. The predicted molar refractivity (Wildman–Crippen MR) is 255 cm³/mol. The van der Waals surface area contributed by atoms with Crippen LogP contribution < -0.4 is 14.2 Å². The van der Waals surface area contributed by atoms with Crippen molar-refractivity contribution in [2.45, 2.75) is 181 Å². The van der Waals surface area contributed by atoms with Gasteiger partial charge in [0.05, 0.1) is 13.2 Å². The van der Waals surface area contributed by atoms with Gasteiger partial charge in [0.2, 0.25) is 0 Å². The van der Waals surface area contributed by atoms with Crippen molar-refractivity contribution in [1.29, 1.82) is 0 Å². The fourth-order valence-corrected chi connectivity index (χ4v) is 9.96. The first-order valence-corrected chi connectivity index (χ1v) is 30.7. The summed E-state index contributed by atoms with van der Waals surface area (Å²) in [7, 11) is -2.24. The van der Waals surface area contributed by atoms with E-state index in [4.69, 9.17) is 14.2 Å². The van der Waals surface area contributed by atoms with Crippen LogP contribution in [0, 0.1) is 0 Å². The van der Waals surface area contributed by atoms with Gasteiger partial charge in [-0.1, -0.05) is 154 Å². The maximum absolute atomic E-state index is 6.94. The molecule has 2 heterocycles. The summed E-state index contributed by atoms with van der Waals surface area (Å²) in [5.41, 5.74) is 6.61. The van der Waals surface area contributed by atoms with E-state index < -0.39 is 16.1 Å². The van der Waals surface area contributed by atoms with E-state index in [-0.39, 0.29) is 0 Å². The second kappa shape index (κ2) is 25.9. The first-order chi connectivity index (χ1) is 28.4. The van der Waals surface area contributed by atoms with Gasteiger partial charge in [0, 0.05) is 52.1 Å². The molecule has 0 fully saturated rings. The van der Waals surface area contributed by atoms with Crippen molar-refractivity contribution in [3.05, 3.63) is 72.3 Å². The fourth-order valence-electron chi connectivity index (χ4n) is 7.34. The summed E-state index contributed by atoms with van der Waals surface area (Å²) in [6.07, 6.45) is 29.0. The molecule has 0 amide bonds. The highest BCUT2D eigenvalue weighted by Crippen LogP contribution is 2.36. The Labute approximate surface area is 361 Å². The normalized spacial score (nSPS) is 11.9. The average molecular weight is 839 g/mol. The Bertz CT molecular complexity index is 1630. The van der Waals surface area contributed by atoms with Crippen LogP contribution in [0.4, 0.5) is 0 Å². The van der Waals surface area contributed by atoms with Crippen LogP contribution in [0.25, 0.3) is 22.3 Å². The number of hydrogen-bond acceptors (Lipinski definition) is 7. The van der Waals surface area contributed by atoms with E-state index in [1.807, 2.05) is 24.8 Å². The highest BCUT2D eigenvalue weighted by Gasteiger charge is 2.17. The highest BCUT2D eigenvalue weighted by atomic mass is 28.3. The molecule has 4 rings (SSSR count).